The van der Waals surface area contributed by atoms with E-state index in [-0.39, 0.29) is 28.6 Å². The number of Topliss-reactive ketones (excluding diaryl/α,β-unsaturated/α-hetero) is 1. The molecule has 2 fully saturated rings. The monoisotopic (exact) mass is 348 g/mol. The van der Waals surface area contributed by atoms with Gasteiger partial charge in [-0.2, -0.15) is 0 Å². The molecule has 0 heterocycles. The summed E-state index contributed by atoms with van der Waals surface area (Å²) in [5, 5.41) is 43.0. The number of hydrogen-bond donors (Lipinski definition) is 4. The number of aliphatic hydroxyl groups excluding tert-OH is 3. The van der Waals surface area contributed by atoms with Crippen LogP contribution in [0.1, 0.15) is 34.1 Å². The molecule has 5 heteroatoms. The van der Waals surface area contributed by atoms with E-state index in [9.17, 15) is 25.2 Å². The lowest BCUT2D eigenvalue weighted by molar-refractivity contribution is -0.190. The van der Waals surface area contributed by atoms with Gasteiger partial charge in [0.15, 0.2) is 5.78 Å². The molecular weight excluding hydrogens is 320 g/mol. The number of allylic oxidation sites excluding steroid dienone is 1. The minimum Gasteiger partial charge on any atom is -0.392 e. The smallest absolute Gasteiger partial charge is 0.153 e. The minimum atomic E-state index is -2.03. The fourth-order valence-electron chi connectivity index (χ4n) is 6.43. The first-order valence-corrected chi connectivity index (χ1v) is 9.18. The van der Waals surface area contributed by atoms with Crippen LogP contribution >= 0.6 is 0 Å². The molecule has 0 radical (unpaired) electrons. The van der Waals surface area contributed by atoms with E-state index in [4.69, 9.17) is 0 Å². The van der Waals surface area contributed by atoms with E-state index in [1.165, 1.54) is 0 Å². The van der Waals surface area contributed by atoms with E-state index in [1.54, 1.807) is 19.1 Å². The fraction of sp³-hybridized carbons (Fsp3) is 0.750. The summed E-state index contributed by atoms with van der Waals surface area (Å²) < 4.78 is 0. The Bertz CT molecular complexity index is 707. The van der Waals surface area contributed by atoms with Crippen LogP contribution in [-0.2, 0) is 4.79 Å². The lowest BCUT2D eigenvalue weighted by Gasteiger charge is -2.48. The zero-order chi connectivity index (χ0) is 18.5. The van der Waals surface area contributed by atoms with Crippen molar-refractivity contribution in [2.24, 2.45) is 34.5 Å². The second-order valence-electron chi connectivity index (χ2n) is 9.27. The molecule has 0 saturated heterocycles. The third kappa shape index (κ3) is 1.71. The molecule has 0 aromatic heterocycles. The Balaban J connectivity index is 1.99. The number of fused-ring (bicyclic) bond motifs is 3. The first-order chi connectivity index (χ1) is 11.5. The van der Waals surface area contributed by atoms with Crippen molar-refractivity contribution in [2.75, 3.05) is 6.61 Å². The van der Waals surface area contributed by atoms with Gasteiger partial charge in [0.1, 0.15) is 17.8 Å². The van der Waals surface area contributed by atoms with Crippen molar-refractivity contribution in [1.82, 2.24) is 0 Å². The summed E-state index contributed by atoms with van der Waals surface area (Å²) >= 11 is 0. The molecule has 8 atom stereocenters. The molecule has 0 unspecified atom stereocenters. The van der Waals surface area contributed by atoms with Crippen LogP contribution < -0.4 is 0 Å². The van der Waals surface area contributed by atoms with E-state index in [1.807, 2.05) is 6.92 Å². The molecule has 25 heavy (non-hydrogen) atoms. The van der Waals surface area contributed by atoms with Crippen LogP contribution in [0.4, 0.5) is 0 Å². The number of carbonyl (C=O) groups is 1. The van der Waals surface area contributed by atoms with Gasteiger partial charge in [0, 0.05) is 5.92 Å². The van der Waals surface area contributed by atoms with Crippen LogP contribution in [0.25, 0.3) is 0 Å². The molecule has 138 valence electrons. The number of hydrogen-bond acceptors (Lipinski definition) is 5. The van der Waals surface area contributed by atoms with Crippen LogP contribution in [0.3, 0.4) is 0 Å². The normalized spacial score (nSPS) is 53.2. The van der Waals surface area contributed by atoms with Gasteiger partial charge in [-0.15, -0.1) is 0 Å². The Morgan fingerprint density at radius 3 is 2.48 bits per heavy atom. The average molecular weight is 348 g/mol. The second kappa shape index (κ2) is 4.83. The highest BCUT2D eigenvalue weighted by Gasteiger charge is 2.75. The van der Waals surface area contributed by atoms with Crippen molar-refractivity contribution in [3.05, 3.63) is 23.3 Å². The number of rotatable bonds is 1. The number of aliphatic hydroxyl groups is 4. The van der Waals surface area contributed by atoms with Crippen LogP contribution in [0, 0.1) is 34.5 Å². The molecule has 2 saturated carbocycles. The Kier molecular flexibility index (Phi) is 3.36. The third-order valence-electron chi connectivity index (χ3n) is 7.93. The number of ketones is 1. The van der Waals surface area contributed by atoms with Crippen molar-refractivity contribution < 1.29 is 25.2 Å². The maximum absolute atomic E-state index is 13.7. The average Bonchev–Trinajstić information content (AvgIpc) is 3.05. The minimum absolute atomic E-state index is 0.0245. The quantitative estimate of drug-likeness (QED) is 0.526. The van der Waals surface area contributed by atoms with E-state index >= 15 is 0 Å². The Morgan fingerprint density at radius 1 is 1.24 bits per heavy atom. The van der Waals surface area contributed by atoms with Gasteiger partial charge in [-0.3, -0.25) is 4.79 Å². The summed E-state index contributed by atoms with van der Waals surface area (Å²) in [6.45, 7) is 7.50. The molecule has 0 aromatic carbocycles. The highest BCUT2D eigenvalue weighted by molar-refractivity contribution is 5.95. The summed E-state index contributed by atoms with van der Waals surface area (Å²) in [5.41, 5.74) is -2.58. The molecule has 0 aromatic rings. The van der Waals surface area contributed by atoms with Crippen molar-refractivity contribution in [3.63, 3.8) is 0 Å². The van der Waals surface area contributed by atoms with E-state index in [0.717, 1.165) is 6.42 Å². The molecule has 4 aliphatic carbocycles. The third-order valence-corrected chi connectivity index (χ3v) is 7.93. The highest BCUT2D eigenvalue weighted by Crippen LogP contribution is 2.71. The van der Waals surface area contributed by atoms with Gasteiger partial charge in [-0.25, -0.2) is 0 Å². The molecule has 0 amide bonds. The zero-order valence-corrected chi connectivity index (χ0v) is 15.2. The molecule has 0 aliphatic heterocycles. The molecule has 4 aliphatic rings. The fourth-order valence-corrected chi connectivity index (χ4v) is 6.43. The standard InChI is InChI=1S/C20H28O5/c1-9-7-19-10(2)5-13-14(18(13,3)4)12(17(19)24)6-11(8-21)16(23)20(19,25)15(9)22/h6-7,10,12-16,21-23,25H,5,8H2,1-4H3/t10-,12+,13-,14+,15+,16-,19-,20-/m1/s1. The molecule has 4 rings (SSSR count). The first kappa shape index (κ1) is 17.4. The predicted molar refractivity (Wildman–Crippen MR) is 91.4 cm³/mol. The first-order valence-electron chi connectivity index (χ1n) is 9.18. The van der Waals surface area contributed by atoms with Gasteiger partial charge in [0.05, 0.1) is 12.0 Å². The van der Waals surface area contributed by atoms with Crippen molar-refractivity contribution in [1.29, 1.82) is 0 Å². The lowest BCUT2D eigenvalue weighted by Crippen LogP contribution is -2.65. The topological polar surface area (TPSA) is 98.0 Å². The summed E-state index contributed by atoms with van der Waals surface area (Å²) in [5.74, 6) is -0.288. The van der Waals surface area contributed by atoms with Gasteiger partial charge in [-0.05, 0) is 47.7 Å². The molecule has 4 N–H and O–H groups in total. The SMILES string of the molecule is CC1=C[C@@]23C(=O)[C@@H](C=C(CO)[C@@H](O)[C@]2(O)[C@H]1O)[C@H]1[C@@H](C[C@H]3C)C1(C)C. The van der Waals surface area contributed by atoms with Gasteiger partial charge in [-0.1, -0.05) is 32.9 Å². The maximum atomic E-state index is 13.7. The zero-order valence-electron chi connectivity index (χ0n) is 15.2. The Labute approximate surface area is 148 Å². The Morgan fingerprint density at radius 2 is 1.88 bits per heavy atom. The van der Waals surface area contributed by atoms with Crippen molar-refractivity contribution in [2.45, 2.75) is 51.9 Å². The Hall–Kier alpha value is -1.01. The maximum Gasteiger partial charge on any atom is 0.153 e. The van der Waals surface area contributed by atoms with Crippen LogP contribution in [0.5, 0.6) is 0 Å². The van der Waals surface area contributed by atoms with Gasteiger partial charge in [0.2, 0.25) is 0 Å². The van der Waals surface area contributed by atoms with Gasteiger partial charge in [0.25, 0.3) is 0 Å². The molecule has 5 nitrogen and oxygen atoms in total. The van der Waals surface area contributed by atoms with E-state index in [2.05, 4.69) is 13.8 Å². The van der Waals surface area contributed by atoms with Crippen LogP contribution in [0.15, 0.2) is 23.3 Å². The summed E-state index contributed by atoms with van der Waals surface area (Å²) in [6, 6.07) is 0. The molecular formula is C20H28O5. The van der Waals surface area contributed by atoms with Crippen molar-refractivity contribution >= 4 is 5.78 Å². The highest BCUT2D eigenvalue weighted by atomic mass is 16.4. The molecule has 2 bridgehead atoms. The number of carbonyl (C=O) groups excluding carboxylic acids is 1. The lowest BCUT2D eigenvalue weighted by atomic mass is 9.59. The van der Waals surface area contributed by atoms with Gasteiger partial charge < -0.3 is 20.4 Å². The van der Waals surface area contributed by atoms with Crippen molar-refractivity contribution in [3.8, 4) is 0 Å². The predicted octanol–water partition coefficient (Wildman–Crippen LogP) is 0.815. The summed E-state index contributed by atoms with van der Waals surface area (Å²) in [4.78, 5) is 13.7. The van der Waals surface area contributed by atoms with Crippen LogP contribution in [0.2, 0.25) is 0 Å². The second-order valence-corrected chi connectivity index (χ2v) is 9.27. The molecule has 1 spiro atoms. The van der Waals surface area contributed by atoms with Crippen LogP contribution in [-0.4, -0.2) is 50.6 Å². The summed E-state index contributed by atoms with van der Waals surface area (Å²) in [6.07, 6.45) is 1.34. The summed E-state index contributed by atoms with van der Waals surface area (Å²) in [7, 11) is 0. The van der Waals surface area contributed by atoms with E-state index in [0.29, 0.717) is 11.5 Å². The largest absolute Gasteiger partial charge is 0.392 e. The van der Waals surface area contributed by atoms with E-state index < -0.39 is 35.7 Å². The van der Waals surface area contributed by atoms with Gasteiger partial charge >= 0.3 is 0 Å².